The van der Waals surface area contributed by atoms with Crippen molar-refractivity contribution >= 4 is 39.9 Å². The number of aromatic nitrogens is 1. The van der Waals surface area contributed by atoms with Crippen LogP contribution in [0.5, 0.6) is 0 Å². The Morgan fingerprint density at radius 3 is 2.60 bits per heavy atom. The van der Waals surface area contributed by atoms with Crippen LogP contribution in [-0.4, -0.2) is 75.8 Å². The smallest absolute Gasteiger partial charge is 0.309 e. The number of rotatable bonds is 12. The van der Waals surface area contributed by atoms with Crippen molar-refractivity contribution in [2.24, 2.45) is 46.2 Å². The monoisotopic (exact) mass is 793 g/mol. The molecule has 3 aromatic rings. The highest BCUT2D eigenvalue weighted by atomic mass is 19.1. The van der Waals surface area contributed by atoms with Crippen molar-refractivity contribution < 1.29 is 43.3 Å². The van der Waals surface area contributed by atoms with Crippen molar-refractivity contribution in [3.8, 4) is 0 Å². The van der Waals surface area contributed by atoms with E-state index in [2.05, 4.69) is 10.3 Å². The van der Waals surface area contributed by atoms with Gasteiger partial charge in [-0.1, -0.05) is 55.8 Å². The van der Waals surface area contributed by atoms with Gasteiger partial charge in [0.2, 0.25) is 5.91 Å². The van der Waals surface area contributed by atoms with Gasteiger partial charge in [0.05, 0.1) is 24.5 Å². The second-order valence-corrected chi connectivity index (χ2v) is 17.8. The predicted octanol–water partition coefficient (Wildman–Crippen LogP) is 5.53. The number of ketones is 2. The Kier molecular flexibility index (Phi) is 10.3. The maximum atomic E-state index is 17.5. The Balaban J connectivity index is 0.818. The van der Waals surface area contributed by atoms with E-state index in [4.69, 9.17) is 15.2 Å². The van der Waals surface area contributed by atoms with Crippen LogP contribution in [0.3, 0.4) is 0 Å². The van der Waals surface area contributed by atoms with Gasteiger partial charge in [0.1, 0.15) is 18.8 Å². The molecule has 12 heteroatoms. The number of fused-ring (bicyclic) bond motifs is 6. The number of ether oxygens (including phenoxy) is 2. The van der Waals surface area contributed by atoms with Crippen molar-refractivity contribution in [1.82, 2.24) is 4.98 Å². The first-order chi connectivity index (χ1) is 27.6. The molecule has 306 valence electrons. The van der Waals surface area contributed by atoms with Crippen LogP contribution >= 0.6 is 0 Å². The standard InChI is InChI=1S/C46H52FN3O8/c1-26-16-38-37-11-9-32-19-34(51)12-14-43(32,2)45(37,47)39(52)20-44(38,3)46(26,56)40(53)25-57-24-31-18-35(31)42(55)58-23-27-4-6-28(7-5-27)36(21-48)41(54)50-33-10-8-30-22-49-15-13-29(30)17-33/h4-8,10,12-15,17,19,22,26,31,35-39,52,56H,9,11,16,18,20-21,23-25,48H2,1-3H3,(H,50,54)/t26-,31?,35?,36?,37+,38+,39+,43+,44+,45+,46+/m1/s1. The lowest BCUT2D eigenvalue weighted by atomic mass is 9.44. The predicted molar refractivity (Wildman–Crippen MR) is 214 cm³/mol. The molecule has 1 aromatic heterocycles. The summed E-state index contributed by atoms with van der Waals surface area (Å²) in [6.45, 7) is 5.29. The zero-order chi connectivity index (χ0) is 41.2. The topological polar surface area (TPSA) is 178 Å². The number of Topliss-reactive ketones (excluding diaryl/α,β-unsaturated/α-hetero) is 1. The molecule has 4 fully saturated rings. The first kappa shape index (κ1) is 40.2. The summed E-state index contributed by atoms with van der Waals surface area (Å²) < 4.78 is 28.9. The third-order valence-electron chi connectivity index (χ3n) is 14.7. The van der Waals surface area contributed by atoms with Crippen LogP contribution in [0.4, 0.5) is 10.1 Å². The average Bonchev–Trinajstić information content (AvgIpc) is 3.95. The van der Waals surface area contributed by atoms with Crippen LogP contribution < -0.4 is 11.1 Å². The number of esters is 1. The largest absolute Gasteiger partial charge is 0.461 e. The summed E-state index contributed by atoms with van der Waals surface area (Å²) in [5.74, 6) is -3.84. The molecule has 0 radical (unpaired) electrons. The lowest BCUT2D eigenvalue weighted by molar-refractivity contribution is -0.220. The first-order valence-electron chi connectivity index (χ1n) is 20.4. The van der Waals surface area contributed by atoms with Crippen molar-refractivity contribution in [2.45, 2.75) is 82.8 Å². The van der Waals surface area contributed by atoms with E-state index in [0.717, 1.165) is 21.9 Å². The van der Waals surface area contributed by atoms with E-state index >= 15 is 4.39 Å². The minimum atomic E-state index is -2.05. The highest BCUT2D eigenvalue weighted by Gasteiger charge is 2.75. The third-order valence-corrected chi connectivity index (χ3v) is 14.7. The van der Waals surface area contributed by atoms with Gasteiger partial charge >= 0.3 is 5.97 Å². The van der Waals surface area contributed by atoms with Crippen LogP contribution in [0.25, 0.3) is 10.8 Å². The maximum absolute atomic E-state index is 17.5. The second-order valence-electron chi connectivity index (χ2n) is 17.8. The number of pyridine rings is 1. The molecule has 3 unspecified atom stereocenters. The Morgan fingerprint density at radius 2 is 1.84 bits per heavy atom. The number of aliphatic hydroxyl groups excluding tert-OH is 1. The molecule has 5 aliphatic carbocycles. The number of halogens is 1. The summed E-state index contributed by atoms with van der Waals surface area (Å²) in [5.41, 5.74) is 2.71. The molecule has 11 nitrogen and oxygen atoms in total. The van der Waals surface area contributed by atoms with Crippen LogP contribution in [0.15, 0.2) is 84.7 Å². The van der Waals surface area contributed by atoms with Crippen LogP contribution in [0, 0.1) is 40.4 Å². The van der Waals surface area contributed by atoms with Gasteiger partial charge in [0.25, 0.3) is 0 Å². The molecular weight excluding hydrogens is 742 g/mol. The van der Waals surface area contributed by atoms with Crippen molar-refractivity contribution in [2.75, 3.05) is 25.1 Å². The maximum Gasteiger partial charge on any atom is 0.309 e. The molecule has 5 aliphatic rings. The second kappa shape index (κ2) is 14.9. The van der Waals surface area contributed by atoms with Gasteiger partial charge in [0.15, 0.2) is 17.2 Å². The fraction of sp³-hybridized carbons (Fsp3) is 0.500. The molecule has 0 aliphatic heterocycles. The van der Waals surface area contributed by atoms with E-state index in [9.17, 15) is 29.4 Å². The van der Waals surface area contributed by atoms with E-state index in [1.807, 2.05) is 31.2 Å². The average molecular weight is 794 g/mol. The van der Waals surface area contributed by atoms with Crippen molar-refractivity contribution in [3.05, 3.63) is 95.9 Å². The lowest BCUT2D eigenvalue weighted by Gasteiger charge is -2.62. The quantitative estimate of drug-likeness (QED) is 0.171. The number of aliphatic hydroxyl groups is 2. The minimum absolute atomic E-state index is 0.0515. The Labute approximate surface area is 337 Å². The van der Waals surface area contributed by atoms with Crippen LogP contribution in [0.2, 0.25) is 0 Å². The van der Waals surface area contributed by atoms with E-state index in [1.165, 1.54) is 12.2 Å². The number of carbonyl (C=O) groups is 4. The number of nitrogens with one attached hydrogen (secondary N) is 1. The molecule has 8 rings (SSSR count). The van der Waals surface area contributed by atoms with E-state index < -0.39 is 51.7 Å². The normalized spacial score (nSPS) is 35.3. The number of anilines is 1. The fourth-order valence-corrected chi connectivity index (χ4v) is 11.2. The fourth-order valence-electron chi connectivity index (χ4n) is 11.2. The summed E-state index contributed by atoms with van der Waals surface area (Å²) in [6, 6.07) is 14.7. The number of benzene rings is 2. The van der Waals surface area contributed by atoms with Crippen molar-refractivity contribution in [1.29, 1.82) is 0 Å². The van der Waals surface area contributed by atoms with Crippen molar-refractivity contribution in [3.63, 3.8) is 0 Å². The zero-order valence-electron chi connectivity index (χ0n) is 33.2. The molecule has 1 amide bonds. The molecule has 2 aromatic carbocycles. The number of hydrogen-bond acceptors (Lipinski definition) is 10. The van der Waals surface area contributed by atoms with Gasteiger partial charge in [-0.15, -0.1) is 0 Å². The molecule has 58 heavy (non-hydrogen) atoms. The molecule has 0 spiro atoms. The van der Waals surface area contributed by atoms with Gasteiger partial charge in [-0.2, -0.15) is 0 Å². The number of nitrogens with two attached hydrogens (primary N) is 1. The lowest BCUT2D eigenvalue weighted by Crippen LogP contribution is -2.69. The zero-order valence-corrected chi connectivity index (χ0v) is 33.2. The number of allylic oxidation sites excluding steroid dienone is 4. The molecule has 0 saturated heterocycles. The molecule has 0 bridgehead atoms. The number of hydrogen-bond donors (Lipinski definition) is 4. The summed E-state index contributed by atoms with van der Waals surface area (Å²) in [5, 5.41) is 28.7. The van der Waals surface area contributed by atoms with Crippen LogP contribution in [-0.2, 0) is 35.3 Å². The van der Waals surface area contributed by atoms with Gasteiger partial charge in [-0.25, -0.2) is 4.39 Å². The third kappa shape index (κ3) is 6.43. The first-order valence-corrected chi connectivity index (χ1v) is 20.4. The summed E-state index contributed by atoms with van der Waals surface area (Å²) in [6.07, 6.45) is 8.25. The number of alkyl halides is 1. The SMILES string of the molecule is C[C@@H]1C[C@H]2[C@@H]3CCC4=CC(=O)C=C[C@]4(C)[C@@]3(F)[C@@H](O)C[C@]2(C)[C@@]1(O)C(=O)COCC1CC1C(=O)OCc1ccc(C(CN)C(=O)Nc2ccc3cnccc3c2)cc1. The molecule has 11 atom stereocenters. The Morgan fingerprint density at radius 1 is 1.07 bits per heavy atom. The molecule has 1 heterocycles. The van der Waals surface area contributed by atoms with E-state index in [1.54, 1.807) is 56.6 Å². The van der Waals surface area contributed by atoms with Gasteiger partial charge in [0, 0.05) is 46.8 Å². The summed E-state index contributed by atoms with van der Waals surface area (Å²) in [7, 11) is 0. The Hall–Kier alpha value is -4.62. The molecule has 5 N–H and O–H groups in total. The summed E-state index contributed by atoms with van der Waals surface area (Å²) in [4.78, 5) is 56.2. The van der Waals surface area contributed by atoms with Gasteiger partial charge in [-0.05, 0) is 104 Å². The van der Waals surface area contributed by atoms with Gasteiger partial charge in [-0.3, -0.25) is 24.2 Å². The number of carbonyl (C=O) groups excluding carboxylic acids is 4. The van der Waals surface area contributed by atoms with E-state index in [-0.39, 0.29) is 68.2 Å². The number of nitrogens with zero attached hydrogens (tertiary/aromatic N) is 1. The molecular formula is C46H52FN3O8. The molecule has 4 saturated carbocycles. The summed E-state index contributed by atoms with van der Waals surface area (Å²) >= 11 is 0. The Bertz CT molecular complexity index is 2210. The number of amides is 1. The van der Waals surface area contributed by atoms with E-state index in [0.29, 0.717) is 36.9 Å². The highest BCUT2D eigenvalue weighted by Crippen LogP contribution is 2.70. The van der Waals surface area contributed by atoms with Crippen LogP contribution in [0.1, 0.15) is 69.9 Å². The van der Waals surface area contributed by atoms with Gasteiger partial charge < -0.3 is 30.7 Å². The minimum Gasteiger partial charge on any atom is -0.461 e. The highest BCUT2D eigenvalue weighted by molar-refractivity contribution is 6.01.